The van der Waals surface area contributed by atoms with E-state index in [-0.39, 0.29) is 4.90 Å². The topological polar surface area (TPSA) is 67.4 Å². The van der Waals surface area contributed by atoms with E-state index in [1.54, 1.807) is 24.3 Å². The van der Waals surface area contributed by atoms with Crippen molar-refractivity contribution in [2.45, 2.75) is 50.5 Å². The lowest BCUT2D eigenvalue weighted by Crippen LogP contribution is -2.15. The molecule has 0 aromatic heterocycles. The van der Waals surface area contributed by atoms with Crippen molar-refractivity contribution in [3.05, 3.63) is 47.5 Å². The summed E-state index contributed by atoms with van der Waals surface area (Å²) in [5, 5.41) is 3.50. The number of ether oxygens (including phenoxy) is 1. The van der Waals surface area contributed by atoms with Gasteiger partial charge in [0.25, 0.3) is 10.0 Å². The van der Waals surface area contributed by atoms with Crippen molar-refractivity contribution in [2.75, 3.05) is 17.1 Å². The average Bonchev–Trinajstić information content (AvgIpc) is 3.11. The van der Waals surface area contributed by atoms with Gasteiger partial charge in [-0.2, -0.15) is 0 Å². The molecule has 2 aromatic rings. The van der Waals surface area contributed by atoms with Crippen molar-refractivity contribution < 1.29 is 13.2 Å². The number of benzene rings is 2. The molecular formula is C20H26N2O3S. The molecule has 2 N–H and O–H groups in total. The van der Waals surface area contributed by atoms with E-state index in [0.717, 1.165) is 16.8 Å². The third kappa shape index (κ3) is 4.12. The number of aryl methyl sites for hydroxylation is 2. The Morgan fingerprint density at radius 3 is 2.15 bits per heavy atom. The zero-order valence-electron chi connectivity index (χ0n) is 15.5. The van der Waals surface area contributed by atoms with Crippen LogP contribution in [-0.2, 0) is 10.0 Å². The van der Waals surface area contributed by atoms with Crippen LogP contribution in [0.4, 0.5) is 11.4 Å². The molecule has 0 amide bonds. The molecule has 2 aromatic carbocycles. The third-order valence-electron chi connectivity index (χ3n) is 4.93. The van der Waals surface area contributed by atoms with Crippen LogP contribution < -0.4 is 14.8 Å². The number of sulfonamides is 1. The first-order valence-electron chi connectivity index (χ1n) is 8.94. The van der Waals surface area contributed by atoms with Crippen molar-refractivity contribution in [3.63, 3.8) is 0 Å². The van der Waals surface area contributed by atoms with Crippen LogP contribution in [0.5, 0.6) is 5.75 Å². The third-order valence-corrected chi connectivity index (χ3v) is 6.34. The summed E-state index contributed by atoms with van der Waals surface area (Å²) in [4.78, 5) is 0.149. The van der Waals surface area contributed by atoms with Crippen molar-refractivity contribution in [3.8, 4) is 5.75 Å². The Morgan fingerprint density at radius 1 is 0.962 bits per heavy atom. The van der Waals surface area contributed by atoms with Crippen LogP contribution in [0.1, 0.15) is 36.8 Å². The van der Waals surface area contributed by atoms with Gasteiger partial charge in [-0.25, -0.2) is 8.42 Å². The predicted molar refractivity (Wildman–Crippen MR) is 106 cm³/mol. The van der Waals surface area contributed by atoms with Gasteiger partial charge in [0.05, 0.1) is 7.11 Å². The Bertz CT molecular complexity index is 871. The highest BCUT2D eigenvalue weighted by molar-refractivity contribution is 7.92. The van der Waals surface area contributed by atoms with Crippen LogP contribution in [0.25, 0.3) is 0 Å². The summed E-state index contributed by atoms with van der Waals surface area (Å²) in [6.07, 6.45) is 4.93. The van der Waals surface area contributed by atoms with E-state index in [9.17, 15) is 8.42 Å². The van der Waals surface area contributed by atoms with Crippen molar-refractivity contribution >= 4 is 21.4 Å². The summed E-state index contributed by atoms with van der Waals surface area (Å²) >= 11 is 0. The summed E-state index contributed by atoms with van der Waals surface area (Å²) in [6, 6.07) is 11.3. The van der Waals surface area contributed by atoms with Gasteiger partial charge >= 0.3 is 0 Å². The lowest BCUT2D eigenvalue weighted by Gasteiger charge is -2.15. The normalized spacial score (nSPS) is 15.0. The molecule has 140 valence electrons. The monoisotopic (exact) mass is 374 g/mol. The maximum atomic E-state index is 12.8. The first-order chi connectivity index (χ1) is 12.4. The molecule has 3 rings (SSSR count). The highest BCUT2D eigenvalue weighted by atomic mass is 32.2. The molecule has 0 unspecified atom stereocenters. The minimum Gasteiger partial charge on any atom is -0.495 e. The van der Waals surface area contributed by atoms with Crippen LogP contribution in [0.15, 0.2) is 41.3 Å². The second-order valence-electron chi connectivity index (χ2n) is 6.90. The fraction of sp³-hybridized carbons (Fsp3) is 0.400. The molecule has 1 fully saturated rings. The van der Waals surface area contributed by atoms with Gasteiger partial charge in [0.1, 0.15) is 10.6 Å². The van der Waals surface area contributed by atoms with E-state index in [2.05, 4.69) is 10.0 Å². The van der Waals surface area contributed by atoms with Gasteiger partial charge in [-0.1, -0.05) is 12.8 Å². The second kappa shape index (κ2) is 7.58. The molecule has 0 atom stereocenters. The zero-order chi connectivity index (χ0) is 18.7. The van der Waals surface area contributed by atoms with Crippen LogP contribution >= 0.6 is 0 Å². The standard InChI is InChI=1S/C20H26N2O3S/c1-14-12-19(25-3)20(13-15(14)2)26(23,24)22-18-10-8-17(9-11-18)21-16-6-4-5-7-16/h8-13,16,21-22H,4-7H2,1-3H3. The summed E-state index contributed by atoms with van der Waals surface area (Å²) in [6.45, 7) is 3.81. The van der Waals surface area contributed by atoms with E-state index in [1.807, 2.05) is 26.0 Å². The largest absolute Gasteiger partial charge is 0.495 e. The van der Waals surface area contributed by atoms with Gasteiger partial charge in [0.2, 0.25) is 0 Å². The molecule has 1 saturated carbocycles. The lowest BCUT2D eigenvalue weighted by atomic mass is 10.1. The predicted octanol–water partition coefficient (Wildman–Crippen LogP) is 4.47. The van der Waals surface area contributed by atoms with Crippen LogP contribution in [0.3, 0.4) is 0 Å². The lowest BCUT2D eigenvalue weighted by molar-refractivity contribution is 0.402. The molecule has 0 bridgehead atoms. The maximum absolute atomic E-state index is 12.8. The average molecular weight is 375 g/mol. The molecular weight excluding hydrogens is 348 g/mol. The number of hydrogen-bond donors (Lipinski definition) is 2. The molecule has 0 radical (unpaired) electrons. The number of hydrogen-bond acceptors (Lipinski definition) is 4. The molecule has 1 aliphatic carbocycles. The van der Waals surface area contributed by atoms with E-state index in [1.165, 1.54) is 32.8 Å². The summed E-state index contributed by atoms with van der Waals surface area (Å²) in [5.74, 6) is 0.347. The highest BCUT2D eigenvalue weighted by Gasteiger charge is 2.21. The van der Waals surface area contributed by atoms with Gasteiger partial charge in [-0.05, 0) is 74.2 Å². The summed E-state index contributed by atoms with van der Waals surface area (Å²) in [5.41, 5.74) is 3.44. The maximum Gasteiger partial charge on any atom is 0.265 e. The fourth-order valence-electron chi connectivity index (χ4n) is 3.28. The van der Waals surface area contributed by atoms with Crippen molar-refractivity contribution in [1.82, 2.24) is 0 Å². The number of anilines is 2. The molecule has 26 heavy (non-hydrogen) atoms. The van der Waals surface area contributed by atoms with Gasteiger partial charge in [0.15, 0.2) is 0 Å². The van der Waals surface area contributed by atoms with Crippen LogP contribution in [0.2, 0.25) is 0 Å². The van der Waals surface area contributed by atoms with E-state index in [4.69, 9.17) is 4.74 Å². The molecule has 0 heterocycles. The Labute approximate surface area is 155 Å². The van der Waals surface area contributed by atoms with Crippen LogP contribution in [-0.4, -0.2) is 21.6 Å². The van der Waals surface area contributed by atoms with Gasteiger partial charge < -0.3 is 10.1 Å². The Hall–Kier alpha value is -2.21. The van der Waals surface area contributed by atoms with Crippen molar-refractivity contribution in [2.24, 2.45) is 0 Å². The quantitative estimate of drug-likeness (QED) is 0.783. The van der Waals surface area contributed by atoms with E-state index in [0.29, 0.717) is 17.5 Å². The molecule has 5 nitrogen and oxygen atoms in total. The Morgan fingerprint density at radius 2 is 1.54 bits per heavy atom. The number of rotatable bonds is 6. The molecule has 0 aliphatic heterocycles. The molecule has 0 saturated heterocycles. The SMILES string of the molecule is COc1cc(C)c(C)cc1S(=O)(=O)Nc1ccc(NC2CCCC2)cc1. The van der Waals surface area contributed by atoms with Gasteiger partial charge in [-0.3, -0.25) is 4.72 Å². The van der Waals surface area contributed by atoms with E-state index >= 15 is 0 Å². The summed E-state index contributed by atoms with van der Waals surface area (Å²) in [7, 11) is -2.25. The molecule has 1 aliphatic rings. The first-order valence-corrected chi connectivity index (χ1v) is 10.4. The minimum atomic E-state index is -3.73. The highest BCUT2D eigenvalue weighted by Crippen LogP contribution is 2.29. The smallest absolute Gasteiger partial charge is 0.265 e. The molecule has 0 spiro atoms. The van der Waals surface area contributed by atoms with Gasteiger partial charge in [0, 0.05) is 17.4 Å². The Kier molecular flexibility index (Phi) is 5.41. The van der Waals surface area contributed by atoms with Gasteiger partial charge in [-0.15, -0.1) is 0 Å². The van der Waals surface area contributed by atoms with Crippen molar-refractivity contribution in [1.29, 1.82) is 0 Å². The fourth-order valence-corrected chi connectivity index (χ4v) is 4.58. The summed E-state index contributed by atoms with van der Waals surface area (Å²) < 4.78 is 33.5. The second-order valence-corrected chi connectivity index (χ2v) is 8.55. The first kappa shape index (κ1) is 18.6. The number of methoxy groups -OCH3 is 1. The van der Waals surface area contributed by atoms with E-state index < -0.39 is 10.0 Å². The minimum absolute atomic E-state index is 0.149. The Balaban J connectivity index is 1.78. The van der Waals surface area contributed by atoms with Crippen LogP contribution in [0, 0.1) is 13.8 Å². The number of nitrogens with one attached hydrogen (secondary N) is 2. The zero-order valence-corrected chi connectivity index (χ0v) is 16.3. The molecule has 6 heteroatoms.